The second kappa shape index (κ2) is 8.78. The van der Waals surface area contributed by atoms with Crippen LogP contribution in [0.15, 0.2) is 72.1 Å². The van der Waals surface area contributed by atoms with E-state index in [0.717, 1.165) is 34.2 Å². The number of pyridine rings is 1. The summed E-state index contributed by atoms with van der Waals surface area (Å²) < 4.78 is 33.9. The van der Waals surface area contributed by atoms with E-state index in [4.69, 9.17) is 4.74 Å². The van der Waals surface area contributed by atoms with Crippen LogP contribution in [-0.4, -0.2) is 30.5 Å². The van der Waals surface area contributed by atoms with E-state index in [1.165, 1.54) is 24.2 Å². The molecule has 0 atom stereocenters. The molecule has 8 heteroatoms. The molecular formula is C25H26N4O3S. The smallest absolute Gasteiger partial charge is 0.263 e. The fraction of sp³-hybridized carbons (Fsp3) is 0.240. The summed E-state index contributed by atoms with van der Waals surface area (Å²) in [6.45, 7) is 6.60. The first-order valence-electron chi connectivity index (χ1n) is 10.5. The van der Waals surface area contributed by atoms with E-state index in [0.29, 0.717) is 0 Å². The first-order chi connectivity index (χ1) is 15.7. The summed E-state index contributed by atoms with van der Waals surface area (Å²) in [6.07, 6.45) is 5.36. The van der Waals surface area contributed by atoms with Gasteiger partial charge in [-0.15, -0.1) is 0 Å². The number of nitrogens with zero attached hydrogens (tertiary/aromatic N) is 3. The Morgan fingerprint density at radius 1 is 0.970 bits per heavy atom. The number of hydrogen-bond donors (Lipinski definition) is 1. The van der Waals surface area contributed by atoms with Gasteiger partial charge in [0.05, 0.1) is 17.7 Å². The standard InChI is InChI=1S/C25H26N4O3S/c1-25(2,3)15-17-5-7-21(22(13-17)32-4)24-20-8-6-19(14-18(20)9-12-27-24)33(30,31)29-23-10-11-26-16-28-23/h5-14,16H,15H2,1-4H3,(H,26,28,29). The van der Waals surface area contributed by atoms with Crippen LogP contribution in [0.3, 0.4) is 0 Å². The minimum Gasteiger partial charge on any atom is -0.496 e. The van der Waals surface area contributed by atoms with Crippen LogP contribution >= 0.6 is 0 Å². The lowest BCUT2D eigenvalue weighted by atomic mass is 9.87. The first-order valence-corrected chi connectivity index (χ1v) is 12.0. The Hall–Kier alpha value is -3.52. The van der Waals surface area contributed by atoms with Crippen molar-refractivity contribution in [2.24, 2.45) is 5.41 Å². The molecule has 2 heterocycles. The highest BCUT2D eigenvalue weighted by molar-refractivity contribution is 7.92. The quantitative estimate of drug-likeness (QED) is 0.429. The van der Waals surface area contributed by atoms with Crippen LogP contribution in [0.2, 0.25) is 0 Å². The van der Waals surface area contributed by atoms with Gasteiger partial charge in [0, 0.05) is 23.3 Å². The zero-order valence-corrected chi connectivity index (χ0v) is 19.8. The predicted molar refractivity (Wildman–Crippen MR) is 130 cm³/mol. The second-order valence-corrected chi connectivity index (χ2v) is 10.7. The van der Waals surface area contributed by atoms with E-state index < -0.39 is 10.0 Å². The number of sulfonamides is 1. The Morgan fingerprint density at radius 3 is 2.48 bits per heavy atom. The number of aromatic nitrogens is 3. The third kappa shape index (κ3) is 5.12. The van der Waals surface area contributed by atoms with Crippen molar-refractivity contribution in [3.8, 4) is 17.0 Å². The van der Waals surface area contributed by atoms with Crippen molar-refractivity contribution in [2.75, 3.05) is 11.8 Å². The highest BCUT2D eigenvalue weighted by atomic mass is 32.2. The zero-order chi connectivity index (χ0) is 23.6. The number of rotatable bonds is 6. The Labute approximate surface area is 194 Å². The summed E-state index contributed by atoms with van der Waals surface area (Å²) >= 11 is 0. The van der Waals surface area contributed by atoms with Gasteiger partial charge in [-0.2, -0.15) is 0 Å². The topological polar surface area (TPSA) is 94.1 Å². The maximum absolute atomic E-state index is 12.8. The molecule has 0 saturated heterocycles. The normalized spacial score (nSPS) is 12.0. The van der Waals surface area contributed by atoms with Gasteiger partial charge < -0.3 is 4.74 Å². The van der Waals surface area contributed by atoms with Gasteiger partial charge in [-0.05, 0) is 59.2 Å². The van der Waals surface area contributed by atoms with Crippen molar-refractivity contribution >= 4 is 26.6 Å². The number of fused-ring (bicyclic) bond motifs is 1. The third-order valence-electron chi connectivity index (χ3n) is 5.12. The molecule has 0 bridgehead atoms. The van der Waals surface area contributed by atoms with Crippen LogP contribution < -0.4 is 9.46 Å². The summed E-state index contributed by atoms with van der Waals surface area (Å²) in [7, 11) is -2.16. The molecule has 0 spiro atoms. The van der Waals surface area contributed by atoms with Crippen LogP contribution in [0, 0.1) is 5.41 Å². The van der Waals surface area contributed by atoms with Crippen LogP contribution in [0.1, 0.15) is 26.3 Å². The van der Waals surface area contributed by atoms with E-state index in [9.17, 15) is 8.42 Å². The molecule has 0 fully saturated rings. The third-order valence-corrected chi connectivity index (χ3v) is 6.47. The number of nitrogens with one attached hydrogen (secondary N) is 1. The number of anilines is 1. The lowest BCUT2D eigenvalue weighted by molar-refractivity contribution is 0.402. The van der Waals surface area contributed by atoms with Crippen molar-refractivity contribution in [1.82, 2.24) is 15.0 Å². The summed E-state index contributed by atoms with van der Waals surface area (Å²) in [5.74, 6) is 0.944. The van der Waals surface area contributed by atoms with Crippen LogP contribution in [0.25, 0.3) is 22.0 Å². The van der Waals surface area contributed by atoms with Gasteiger partial charge in [-0.25, -0.2) is 18.4 Å². The molecule has 0 amide bonds. The lowest BCUT2D eigenvalue weighted by Gasteiger charge is -2.19. The summed E-state index contributed by atoms with van der Waals surface area (Å²) in [5.41, 5.74) is 2.94. The minimum absolute atomic E-state index is 0.137. The molecule has 7 nitrogen and oxygen atoms in total. The molecule has 0 saturated carbocycles. The number of benzene rings is 2. The monoisotopic (exact) mass is 462 g/mol. The highest BCUT2D eigenvalue weighted by Crippen LogP contribution is 2.36. The number of hydrogen-bond acceptors (Lipinski definition) is 6. The van der Waals surface area contributed by atoms with Crippen LogP contribution in [-0.2, 0) is 16.4 Å². The predicted octanol–water partition coefficient (Wildman–Crippen LogP) is 5.09. The van der Waals surface area contributed by atoms with Gasteiger partial charge in [0.15, 0.2) is 0 Å². The molecule has 4 aromatic rings. The van der Waals surface area contributed by atoms with Crippen LogP contribution in [0.5, 0.6) is 5.75 Å². The average molecular weight is 463 g/mol. The Bertz CT molecular complexity index is 1400. The molecule has 0 aliphatic heterocycles. The Balaban J connectivity index is 1.74. The fourth-order valence-electron chi connectivity index (χ4n) is 3.74. The van der Waals surface area contributed by atoms with Crippen molar-refractivity contribution in [3.63, 3.8) is 0 Å². The summed E-state index contributed by atoms with van der Waals surface area (Å²) in [6, 6.07) is 14.4. The minimum atomic E-state index is -3.80. The maximum atomic E-state index is 12.8. The molecule has 2 aromatic carbocycles. The molecule has 170 valence electrons. The molecule has 0 unspecified atom stereocenters. The van der Waals surface area contributed by atoms with Crippen molar-refractivity contribution in [3.05, 3.63) is 72.8 Å². The molecule has 0 aliphatic rings. The fourth-order valence-corrected chi connectivity index (χ4v) is 4.78. The molecular weight excluding hydrogens is 436 g/mol. The van der Waals surface area contributed by atoms with Gasteiger partial charge in [0.2, 0.25) is 0 Å². The molecule has 2 aromatic heterocycles. The van der Waals surface area contributed by atoms with E-state index >= 15 is 0 Å². The summed E-state index contributed by atoms with van der Waals surface area (Å²) in [4.78, 5) is 12.5. The Kier molecular flexibility index (Phi) is 6.03. The molecule has 0 radical (unpaired) electrons. The Morgan fingerprint density at radius 2 is 1.79 bits per heavy atom. The van der Waals surface area contributed by atoms with Gasteiger partial charge in [0.25, 0.3) is 10.0 Å². The molecule has 1 N–H and O–H groups in total. The SMILES string of the molecule is COc1cc(CC(C)(C)C)ccc1-c1nccc2cc(S(=O)(=O)Nc3ccncn3)ccc12. The van der Waals surface area contributed by atoms with E-state index in [2.05, 4.69) is 46.5 Å². The zero-order valence-electron chi connectivity index (χ0n) is 19.0. The molecule has 0 aliphatic carbocycles. The number of ether oxygens (including phenoxy) is 1. The summed E-state index contributed by atoms with van der Waals surface area (Å²) in [5, 5.41) is 1.59. The van der Waals surface area contributed by atoms with Crippen LogP contribution in [0.4, 0.5) is 5.82 Å². The molecule has 33 heavy (non-hydrogen) atoms. The molecule has 4 rings (SSSR count). The first kappa shape index (κ1) is 22.7. The lowest BCUT2D eigenvalue weighted by Crippen LogP contribution is -2.13. The largest absolute Gasteiger partial charge is 0.496 e. The highest BCUT2D eigenvalue weighted by Gasteiger charge is 2.18. The second-order valence-electron chi connectivity index (χ2n) is 9.01. The van der Waals surface area contributed by atoms with E-state index in [-0.39, 0.29) is 16.1 Å². The van der Waals surface area contributed by atoms with Gasteiger partial charge in [-0.3, -0.25) is 9.71 Å². The van der Waals surface area contributed by atoms with Crippen molar-refractivity contribution < 1.29 is 13.2 Å². The van der Waals surface area contributed by atoms with Crippen molar-refractivity contribution in [2.45, 2.75) is 32.1 Å². The number of methoxy groups -OCH3 is 1. The average Bonchev–Trinajstić information content (AvgIpc) is 2.77. The van der Waals surface area contributed by atoms with E-state index in [1.54, 1.807) is 37.6 Å². The van der Waals surface area contributed by atoms with Gasteiger partial charge in [0.1, 0.15) is 17.9 Å². The van der Waals surface area contributed by atoms with Gasteiger partial charge >= 0.3 is 0 Å². The van der Waals surface area contributed by atoms with Gasteiger partial charge in [-0.1, -0.05) is 32.9 Å². The van der Waals surface area contributed by atoms with Crippen molar-refractivity contribution in [1.29, 1.82) is 0 Å². The van der Waals surface area contributed by atoms with E-state index in [1.807, 2.05) is 12.1 Å². The maximum Gasteiger partial charge on any atom is 0.263 e.